The van der Waals surface area contributed by atoms with Gasteiger partial charge in [0.05, 0.1) is 26.2 Å². The molecule has 0 aliphatic carbocycles. The normalized spacial score (nSPS) is 20.1. The monoisotopic (exact) mass is 288 g/mol. The topological polar surface area (TPSA) is 105 Å². The van der Waals surface area contributed by atoms with E-state index in [-0.39, 0.29) is 25.7 Å². The molecule has 1 heterocycles. The highest BCUT2D eigenvalue weighted by Gasteiger charge is 2.29. The van der Waals surface area contributed by atoms with Crippen molar-refractivity contribution in [3.8, 4) is 0 Å². The summed E-state index contributed by atoms with van der Waals surface area (Å²) in [4.78, 5) is 35.3. The Morgan fingerprint density at radius 3 is 2.80 bits per heavy atom. The average molecular weight is 288 g/mol. The molecule has 0 bridgehead atoms. The lowest BCUT2D eigenvalue weighted by Gasteiger charge is -2.31. The van der Waals surface area contributed by atoms with E-state index in [0.717, 1.165) is 0 Å². The number of urea groups is 1. The summed E-state index contributed by atoms with van der Waals surface area (Å²) in [6, 6.07) is -0.334. The molecule has 0 aromatic carbocycles. The molecule has 0 aromatic rings. The first-order chi connectivity index (χ1) is 9.45. The number of carboxylic acids is 1. The summed E-state index contributed by atoms with van der Waals surface area (Å²) in [5, 5.41) is 11.4. The molecule has 8 nitrogen and oxygen atoms in total. The largest absolute Gasteiger partial charge is 0.481 e. The Kier molecular flexibility index (Phi) is 6.23. The molecule has 0 radical (unpaired) electrons. The van der Waals surface area contributed by atoms with E-state index in [2.05, 4.69) is 10.1 Å². The Morgan fingerprint density at radius 1 is 1.50 bits per heavy atom. The Bertz CT molecular complexity index is 373. The van der Waals surface area contributed by atoms with Gasteiger partial charge in [-0.3, -0.25) is 4.79 Å². The number of carboxylic acid groups (broad SMARTS) is 1. The van der Waals surface area contributed by atoms with Gasteiger partial charge in [0.2, 0.25) is 0 Å². The van der Waals surface area contributed by atoms with Gasteiger partial charge in [0.15, 0.2) is 6.10 Å². The van der Waals surface area contributed by atoms with Gasteiger partial charge in [-0.1, -0.05) is 6.92 Å². The van der Waals surface area contributed by atoms with Gasteiger partial charge in [-0.05, 0) is 6.42 Å². The predicted octanol–water partition coefficient (Wildman–Crippen LogP) is -0.319. The Morgan fingerprint density at radius 2 is 2.20 bits per heavy atom. The predicted molar refractivity (Wildman–Crippen MR) is 68.1 cm³/mol. The fraction of sp³-hybridized carbons (Fsp3) is 0.750. The maximum Gasteiger partial charge on any atom is 0.336 e. The molecule has 1 fully saturated rings. The molecule has 2 atom stereocenters. The van der Waals surface area contributed by atoms with Crippen LogP contribution in [0.15, 0.2) is 0 Å². The summed E-state index contributed by atoms with van der Waals surface area (Å²) in [6.07, 6.45) is -0.413. The Labute approximate surface area is 117 Å². The summed E-state index contributed by atoms with van der Waals surface area (Å²) in [5.74, 6) is -1.92. The first-order valence-electron chi connectivity index (χ1n) is 6.40. The SMILES string of the molecule is COC(=O)C1CN(C(=O)NCCC(C)C(=O)O)CCO1. The van der Waals surface area contributed by atoms with Gasteiger partial charge in [-0.2, -0.15) is 0 Å². The summed E-state index contributed by atoms with van der Waals surface area (Å²) in [5.41, 5.74) is 0. The number of methoxy groups -OCH3 is 1. The number of nitrogens with one attached hydrogen (secondary N) is 1. The van der Waals surface area contributed by atoms with Crippen LogP contribution in [-0.2, 0) is 19.1 Å². The molecular weight excluding hydrogens is 268 g/mol. The number of hydrogen-bond acceptors (Lipinski definition) is 5. The third-order valence-electron chi connectivity index (χ3n) is 3.09. The molecule has 2 N–H and O–H groups in total. The highest BCUT2D eigenvalue weighted by atomic mass is 16.6. The van der Waals surface area contributed by atoms with E-state index in [1.807, 2.05) is 0 Å². The van der Waals surface area contributed by atoms with Crippen LogP contribution in [-0.4, -0.2) is 67.4 Å². The number of carbonyl (C=O) groups excluding carboxylic acids is 2. The van der Waals surface area contributed by atoms with Gasteiger partial charge >= 0.3 is 18.0 Å². The van der Waals surface area contributed by atoms with E-state index in [1.54, 1.807) is 6.92 Å². The maximum absolute atomic E-state index is 11.9. The molecule has 1 aliphatic rings. The van der Waals surface area contributed by atoms with Crippen LogP contribution in [0.5, 0.6) is 0 Å². The van der Waals surface area contributed by atoms with Crippen molar-refractivity contribution in [3.63, 3.8) is 0 Å². The lowest BCUT2D eigenvalue weighted by Crippen LogP contribution is -2.52. The minimum Gasteiger partial charge on any atom is -0.481 e. The number of amides is 2. The first-order valence-corrected chi connectivity index (χ1v) is 6.40. The number of nitrogens with zero attached hydrogens (tertiary/aromatic N) is 1. The van der Waals surface area contributed by atoms with E-state index < -0.39 is 24.0 Å². The van der Waals surface area contributed by atoms with Crippen molar-refractivity contribution in [1.29, 1.82) is 0 Å². The van der Waals surface area contributed by atoms with E-state index in [1.165, 1.54) is 12.0 Å². The number of aliphatic carboxylic acids is 1. The van der Waals surface area contributed by atoms with Crippen molar-refractivity contribution in [2.75, 3.05) is 33.4 Å². The second-order valence-electron chi connectivity index (χ2n) is 4.59. The fourth-order valence-corrected chi connectivity index (χ4v) is 1.74. The molecule has 1 saturated heterocycles. The van der Waals surface area contributed by atoms with Crippen molar-refractivity contribution in [2.24, 2.45) is 5.92 Å². The first kappa shape index (κ1) is 16.2. The van der Waals surface area contributed by atoms with Crippen molar-refractivity contribution in [2.45, 2.75) is 19.4 Å². The van der Waals surface area contributed by atoms with Gasteiger partial charge < -0.3 is 24.8 Å². The van der Waals surface area contributed by atoms with Crippen LogP contribution in [0.3, 0.4) is 0 Å². The standard InChI is InChI=1S/C12H20N2O6/c1-8(10(15)16)3-4-13-12(18)14-5-6-20-9(7-14)11(17)19-2/h8-9H,3-7H2,1-2H3,(H,13,18)(H,15,16). The van der Waals surface area contributed by atoms with Crippen LogP contribution < -0.4 is 5.32 Å². The Balaban J connectivity index is 2.35. The van der Waals surface area contributed by atoms with Crippen molar-refractivity contribution >= 4 is 18.0 Å². The van der Waals surface area contributed by atoms with Crippen molar-refractivity contribution < 1.29 is 29.0 Å². The molecule has 0 saturated carbocycles. The summed E-state index contributed by atoms with van der Waals surface area (Å²) in [7, 11) is 1.26. The van der Waals surface area contributed by atoms with Gasteiger partial charge in [0.1, 0.15) is 0 Å². The molecule has 2 amide bonds. The zero-order valence-corrected chi connectivity index (χ0v) is 11.6. The molecule has 8 heteroatoms. The van der Waals surface area contributed by atoms with Crippen LogP contribution in [0.25, 0.3) is 0 Å². The lowest BCUT2D eigenvalue weighted by molar-refractivity contribution is -0.158. The van der Waals surface area contributed by atoms with Gasteiger partial charge in [0, 0.05) is 13.1 Å². The van der Waals surface area contributed by atoms with Gasteiger partial charge in [-0.25, -0.2) is 9.59 Å². The Hall–Kier alpha value is -1.83. The summed E-state index contributed by atoms with van der Waals surface area (Å²) >= 11 is 0. The van der Waals surface area contributed by atoms with E-state index >= 15 is 0 Å². The molecule has 20 heavy (non-hydrogen) atoms. The number of morpholine rings is 1. The molecule has 114 valence electrons. The third kappa shape index (κ3) is 4.69. The molecule has 0 spiro atoms. The zero-order chi connectivity index (χ0) is 15.1. The zero-order valence-electron chi connectivity index (χ0n) is 11.6. The molecule has 1 rings (SSSR count). The number of carbonyl (C=O) groups is 3. The maximum atomic E-state index is 11.9. The van der Waals surface area contributed by atoms with Crippen LogP contribution in [0.1, 0.15) is 13.3 Å². The van der Waals surface area contributed by atoms with E-state index in [0.29, 0.717) is 13.0 Å². The number of rotatable bonds is 5. The highest BCUT2D eigenvalue weighted by molar-refractivity contribution is 5.78. The van der Waals surface area contributed by atoms with Crippen LogP contribution in [0.2, 0.25) is 0 Å². The van der Waals surface area contributed by atoms with Crippen molar-refractivity contribution in [3.05, 3.63) is 0 Å². The van der Waals surface area contributed by atoms with Crippen LogP contribution in [0.4, 0.5) is 4.79 Å². The minimum atomic E-state index is -0.892. The van der Waals surface area contributed by atoms with E-state index in [4.69, 9.17) is 9.84 Å². The summed E-state index contributed by atoms with van der Waals surface area (Å²) < 4.78 is 9.78. The number of esters is 1. The molecule has 0 aromatic heterocycles. The second kappa shape index (κ2) is 7.68. The molecule has 1 aliphatic heterocycles. The number of ether oxygens (including phenoxy) is 2. The fourth-order valence-electron chi connectivity index (χ4n) is 1.74. The third-order valence-corrected chi connectivity index (χ3v) is 3.09. The van der Waals surface area contributed by atoms with Gasteiger partial charge in [0.25, 0.3) is 0 Å². The average Bonchev–Trinajstić information content (AvgIpc) is 2.46. The van der Waals surface area contributed by atoms with Crippen molar-refractivity contribution in [1.82, 2.24) is 10.2 Å². The quantitative estimate of drug-likeness (QED) is 0.672. The highest BCUT2D eigenvalue weighted by Crippen LogP contribution is 2.07. The molecular formula is C12H20N2O6. The minimum absolute atomic E-state index is 0.132. The van der Waals surface area contributed by atoms with Gasteiger partial charge in [-0.15, -0.1) is 0 Å². The van der Waals surface area contributed by atoms with E-state index in [9.17, 15) is 14.4 Å². The van der Waals surface area contributed by atoms with Crippen LogP contribution in [0, 0.1) is 5.92 Å². The smallest absolute Gasteiger partial charge is 0.336 e. The van der Waals surface area contributed by atoms with Crippen LogP contribution >= 0.6 is 0 Å². The lowest BCUT2D eigenvalue weighted by atomic mass is 10.1. The summed E-state index contributed by atoms with van der Waals surface area (Å²) in [6.45, 7) is 2.63. The molecule has 2 unspecified atom stereocenters. The number of hydrogen-bond donors (Lipinski definition) is 2. The second-order valence-corrected chi connectivity index (χ2v) is 4.59.